The van der Waals surface area contributed by atoms with Gasteiger partial charge in [-0.15, -0.1) is 0 Å². The Morgan fingerprint density at radius 3 is 2.45 bits per heavy atom. The minimum atomic E-state index is -0.486. The highest BCUT2D eigenvalue weighted by Gasteiger charge is 2.18. The average molecular weight is 278 g/mol. The maximum atomic E-state index is 12.0. The first-order chi connectivity index (χ1) is 9.51. The van der Waals surface area contributed by atoms with Crippen LogP contribution >= 0.6 is 0 Å². The number of aliphatic hydroxyl groups excluding tert-OH is 1. The number of amides is 1. The second-order valence-corrected chi connectivity index (χ2v) is 5.19. The normalized spacial score (nSPS) is 12.1. The first-order valence-electron chi connectivity index (χ1n) is 7.23. The van der Waals surface area contributed by atoms with Crippen molar-refractivity contribution in [1.82, 2.24) is 4.90 Å². The highest BCUT2D eigenvalue weighted by molar-refractivity contribution is 5.81. The van der Waals surface area contributed by atoms with E-state index in [4.69, 9.17) is 0 Å². The topological polar surface area (TPSA) is 43.8 Å². The molecule has 1 aromatic rings. The van der Waals surface area contributed by atoms with Gasteiger partial charge in [0.2, 0.25) is 5.91 Å². The molecule has 0 saturated carbocycles. The molecule has 0 fully saturated rings. The number of carbonyl (C=O) groups is 1. The first-order valence-corrected chi connectivity index (χ1v) is 7.23. The predicted octanol–water partition coefficient (Wildman–Crippen LogP) is 2.43. The van der Waals surface area contributed by atoms with Crippen molar-refractivity contribution in [1.29, 1.82) is 0 Å². The van der Waals surface area contributed by atoms with Gasteiger partial charge < -0.3 is 14.9 Å². The van der Waals surface area contributed by atoms with Crippen molar-refractivity contribution < 1.29 is 9.90 Å². The van der Waals surface area contributed by atoms with Crippen LogP contribution in [0.25, 0.3) is 0 Å². The quantitative estimate of drug-likeness (QED) is 0.833. The summed E-state index contributed by atoms with van der Waals surface area (Å²) in [5.74, 6) is 0.0687. The minimum Gasteiger partial charge on any atom is -0.388 e. The molecule has 112 valence electrons. The van der Waals surface area contributed by atoms with E-state index in [1.54, 1.807) is 19.0 Å². The summed E-state index contributed by atoms with van der Waals surface area (Å²) in [6, 6.07) is 7.79. The third kappa shape index (κ3) is 4.23. The number of benzene rings is 1. The van der Waals surface area contributed by atoms with Crippen LogP contribution < -0.4 is 4.90 Å². The molecule has 0 heterocycles. The SMILES string of the molecule is CCCN(CC(=O)N(C)C)c1ccccc1C(O)CC. The van der Waals surface area contributed by atoms with Crippen LogP contribution in [0.1, 0.15) is 38.4 Å². The van der Waals surface area contributed by atoms with Gasteiger partial charge in [-0.1, -0.05) is 32.0 Å². The monoisotopic (exact) mass is 278 g/mol. The molecule has 0 aliphatic carbocycles. The van der Waals surface area contributed by atoms with Crippen LogP contribution in [-0.2, 0) is 4.79 Å². The number of carbonyl (C=O) groups excluding carboxylic acids is 1. The standard InChI is InChI=1S/C16H26N2O2/c1-5-11-18(12-16(20)17(3)4)14-10-8-7-9-13(14)15(19)6-2/h7-10,15,19H,5-6,11-12H2,1-4H3. The van der Waals surface area contributed by atoms with Gasteiger partial charge in [-0.05, 0) is 18.9 Å². The van der Waals surface area contributed by atoms with E-state index in [9.17, 15) is 9.90 Å². The van der Waals surface area contributed by atoms with Gasteiger partial charge in [-0.2, -0.15) is 0 Å². The maximum absolute atomic E-state index is 12.0. The zero-order valence-electron chi connectivity index (χ0n) is 13.0. The van der Waals surface area contributed by atoms with Gasteiger partial charge in [0.1, 0.15) is 0 Å². The Balaban J connectivity index is 3.05. The Kier molecular flexibility index (Phi) is 6.52. The molecule has 1 aromatic carbocycles. The van der Waals surface area contributed by atoms with Gasteiger partial charge >= 0.3 is 0 Å². The second kappa shape index (κ2) is 7.90. The number of anilines is 1. The van der Waals surface area contributed by atoms with Crippen LogP contribution in [-0.4, -0.2) is 43.1 Å². The number of hydrogen-bond acceptors (Lipinski definition) is 3. The number of likely N-dealkylation sites (N-methyl/N-ethyl adjacent to an activating group) is 1. The molecule has 1 unspecified atom stereocenters. The summed E-state index contributed by atoms with van der Waals surface area (Å²) >= 11 is 0. The second-order valence-electron chi connectivity index (χ2n) is 5.19. The van der Waals surface area contributed by atoms with Crippen molar-refractivity contribution in [3.8, 4) is 0 Å². The van der Waals surface area contributed by atoms with Crippen molar-refractivity contribution in [2.45, 2.75) is 32.8 Å². The Hall–Kier alpha value is -1.55. The summed E-state index contributed by atoms with van der Waals surface area (Å²) < 4.78 is 0. The van der Waals surface area contributed by atoms with Crippen LogP contribution in [0.3, 0.4) is 0 Å². The molecule has 1 N–H and O–H groups in total. The fraction of sp³-hybridized carbons (Fsp3) is 0.562. The smallest absolute Gasteiger partial charge is 0.241 e. The van der Waals surface area contributed by atoms with E-state index in [0.29, 0.717) is 13.0 Å². The van der Waals surface area contributed by atoms with Crippen LogP contribution in [0, 0.1) is 0 Å². The Morgan fingerprint density at radius 1 is 1.25 bits per heavy atom. The van der Waals surface area contributed by atoms with E-state index in [1.807, 2.05) is 31.2 Å². The third-order valence-corrected chi connectivity index (χ3v) is 3.34. The number of aliphatic hydroxyl groups is 1. The van der Waals surface area contributed by atoms with Crippen molar-refractivity contribution >= 4 is 11.6 Å². The van der Waals surface area contributed by atoms with E-state index in [-0.39, 0.29) is 5.91 Å². The summed E-state index contributed by atoms with van der Waals surface area (Å²) in [5, 5.41) is 10.1. The Bertz CT molecular complexity index is 432. The molecule has 4 heteroatoms. The van der Waals surface area contributed by atoms with Crippen molar-refractivity contribution in [3.63, 3.8) is 0 Å². The van der Waals surface area contributed by atoms with Gasteiger partial charge in [0, 0.05) is 31.9 Å². The fourth-order valence-corrected chi connectivity index (χ4v) is 2.14. The largest absolute Gasteiger partial charge is 0.388 e. The van der Waals surface area contributed by atoms with E-state index in [0.717, 1.165) is 24.2 Å². The van der Waals surface area contributed by atoms with E-state index >= 15 is 0 Å². The van der Waals surface area contributed by atoms with Crippen LogP contribution in [0.4, 0.5) is 5.69 Å². The Morgan fingerprint density at radius 2 is 1.90 bits per heavy atom. The molecule has 0 aliphatic rings. The summed E-state index contributed by atoms with van der Waals surface area (Å²) in [7, 11) is 3.53. The zero-order valence-corrected chi connectivity index (χ0v) is 13.0. The average Bonchev–Trinajstić information content (AvgIpc) is 2.45. The van der Waals surface area contributed by atoms with E-state index < -0.39 is 6.10 Å². The number of nitrogens with zero attached hydrogens (tertiary/aromatic N) is 2. The molecule has 1 rings (SSSR count). The molecule has 4 nitrogen and oxygen atoms in total. The molecule has 0 radical (unpaired) electrons. The highest BCUT2D eigenvalue weighted by atomic mass is 16.3. The van der Waals surface area contributed by atoms with E-state index in [2.05, 4.69) is 11.8 Å². The molecule has 0 aromatic heterocycles. The molecule has 0 bridgehead atoms. The molecule has 0 spiro atoms. The van der Waals surface area contributed by atoms with Crippen molar-refractivity contribution in [2.24, 2.45) is 0 Å². The first kappa shape index (κ1) is 16.5. The van der Waals surface area contributed by atoms with Gasteiger partial charge in [0.15, 0.2) is 0 Å². The molecular weight excluding hydrogens is 252 g/mol. The van der Waals surface area contributed by atoms with Crippen molar-refractivity contribution in [3.05, 3.63) is 29.8 Å². The summed E-state index contributed by atoms with van der Waals surface area (Å²) in [4.78, 5) is 15.6. The lowest BCUT2D eigenvalue weighted by atomic mass is 10.0. The minimum absolute atomic E-state index is 0.0687. The fourth-order valence-electron chi connectivity index (χ4n) is 2.14. The summed E-state index contributed by atoms with van der Waals surface area (Å²) in [6.07, 6.45) is 1.13. The van der Waals surface area contributed by atoms with Gasteiger partial charge in [0.05, 0.1) is 12.6 Å². The van der Waals surface area contributed by atoms with Crippen molar-refractivity contribution in [2.75, 3.05) is 32.1 Å². The lowest BCUT2D eigenvalue weighted by Crippen LogP contribution is -2.37. The number of hydrogen-bond donors (Lipinski definition) is 1. The lowest BCUT2D eigenvalue weighted by Gasteiger charge is -2.28. The molecule has 1 atom stereocenters. The maximum Gasteiger partial charge on any atom is 0.241 e. The zero-order chi connectivity index (χ0) is 15.1. The van der Waals surface area contributed by atoms with Gasteiger partial charge in [-0.25, -0.2) is 0 Å². The number of rotatable bonds is 7. The van der Waals surface area contributed by atoms with Crippen LogP contribution in [0.5, 0.6) is 0 Å². The van der Waals surface area contributed by atoms with Gasteiger partial charge in [0.25, 0.3) is 0 Å². The third-order valence-electron chi connectivity index (χ3n) is 3.34. The molecule has 0 saturated heterocycles. The highest BCUT2D eigenvalue weighted by Crippen LogP contribution is 2.28. The number of para-hydroxylation sites is 1. The van der Waals surface area contributed by atoms with Gasteiger partial charge in [-0.3, -0.25) is 4.79 Å². The molecule has 1 amide bonds. The van der Waals surface area contributed by atoms with Crippen LogP contribution in [0.2, 0.25) is 0 Å². The van der Waals surface area contributed by atoms with Crippen LogP contribution in [0.15, 0.2) is 24.3 Å². The van der Waals surface area contributed by atoms with E-state index in [1.165, 1.54) is 0 Å². The summed E-state index contributed by atoms with van der Waals surface area (Å²) in [6.45, 7) is 5.18. The predicted molar refractivity (Wildman–Crippen MR) is 82.9 cm³/mol. The molecular formula is C16H26N2O2. The summed E-state index contributed by atoms with van der Waals surface area (Å²) in [5.41, 5.74) is 1.86. The molecule has 0 aliphatic heterocycles. The Labute approximate surface area is 122 Å². The molecule has 20 heavy (non-hydrogen) atoms. The lowest BCUT2D eigenvalue weighted by molar-refractivity contribution is -0.127.